The standard InChI is InChI=1S/C9H20N2OS2/c1-13-14-8-7-11-9(12)5-3-2-4-6-10/h2-8,10H2,1H3,(H,11,12). The maximum absolute atomic E-state index is 11.2. The number of amides is 1. The van der Waals surface area contributed by atoms with Crippen molar-refractivity contribution in [2.45, 2.75) is 25.7 Å². The molecule has 3 N–H and O–H groups in total. The van der Waals surface area contributed by atoms with Gasteiger partial charge in [0.15, 0.2) is 0 Å². The van der Waals surface area contributed by atoms with Gasteiger partial charge in [-0.05, 0) is 25.6 Å². The topological polar surface area (TPSA) is 55.1 Å². The van der Waals surface area contributed by atoms with E-state index in [4.69, 9.17) is 5.73 Å². The van der Waals surface area contributed by atoms with Crippen molar-refractivity contribution in [1.29, 1.82) is 0 Å². The van der Waals surface area contributed by atoms with Gasteiger partial charge in [0.25, 0.3) is 0 Å². The van der Waals surface area contributed by atoms with E-state index in [-0.39, 0.29) is 5.91 Å². The van der Waals surface area contributed by atoms with Gasteiger partial charge in [-0.3, -0.25) is 4.79 Å². The van der Waals surface area contributed by atoms with Crippen LogP contribution in [0.4, 0.5) is 0 Å². The second-order valence-corrected chi connectivity index (χ2v) is 5.62. The molecule has 0 aliphatic carbocycles. The first-order valence-electron chi connectivity index (χ1n) is 4.93. The number of rotatable bonds is 9. The minimum atomic E-state index is 0.170. The van der Waals surface area contributed by atoms with E-state index in [1.165, 1.54) is 0 Å². The van der Waals surface area contributed by atoms with E-state index in [1.54, 1.807) is 21.6 Å². The van der Waals surface area contributed by atoms with Crippen LogP contribution in [0.5, 0.6) is 0 Å². The minimum Gasteiger partial charge on any atom is -0.355 e. The third-order valence-electron chi connectivity index (χ3n) is 1.73. The largest absolute Gasteiger partial charge is 0.355 e. The first kappa shape index (κ1) is 14.1. The fourth-order valence-electron chi connectivity index (χ4n) is 1.01. The number of nitrogens with two attached hydrogens (primary N) is 1. The van der Waals surface area contributed by atoms with Gasteiger partial charge < -0.3 is 11.1 Å². The lowest BCUT2D eigenvalue weighted by atomic mass is 10.2. The summed E-state index contributed by atoms with van der Waals surface area (Å²) >= 11 is 0. The third-order valence-corrected chi connectivity index (χ3v) is 3.55. The van der Waals surface area contributed by atoms with E-state index in [0.717, 1.165) is 38.1 Å². The molecule has 0 spiro atoms. The van der Waals surface area contributed by atoms with Crippen molar-refractivity contribution >= 4 is 27.5 Å². The Morgan fingerprint density at radius 3 is 2.79 bits per heavy atom. The maximum atomic E-state index is 11.2. The van der Waals surface area contributed by atoms with Crippen molar-refractivity contribution in [2.24, 2.45) is 5.73 Å². The number of unbranched alkanes of at least 4 members (excludes halogenated alkanes) is 2. The van der Waals surface area contributed by atoms with Crippen LogP contribution in [0, 0.1) is 0 Å². The highest BCUT2D eigenvalue weighted by Gasteiger charge is 1.99. The summed E-state index contributed by atoms with van der Waals surface area (Å²) < 4.78 is 0. The molecule has 0 saturated heterocycles. The highest BCUT2D eigenvalue weighted by molar-refractivity contribution is 8.76. The molecule has 0 aliphatic rings. The van der Waals surface area contributed by atoms with Crippen LogP contribution in [-0.4, -0.2) is 31.0 Å². The molecular weight excluding hydrogens is 216 g/mol. The summed E-state index contributed by atoms with van der Waals surface area (Å²) in [5, 5.41) is 2.89. The van der Waals surface area contributed by atoms with Crippen molar-refractivity contribution in [2.75, 3.05) is 25.1 Å². The molecule has 0 rings (SSSR count). The van der Waals surface area contributed by atoms with Crippen molar-refractivity contribution in [3.8, 4) is 0 Å². The highest BCUT2D eigenvalue weighted by Crippen LogP contribution is 2.14. The molecule has 5 heteroatoms. The molecule has 0 aliphatic heterocycles. The van der Waals surface area contributed by atoms with Gasteiger partial charge >= 0.3 is 0 Å². The Bertz CT molecular complexity index is 131. The van der Waals surface area contributed by atoms with Crippen LogP contribution in [-0.2, 0) is 4.79 Å². The molecule has 0 aromatic heterocycles. The van der Waals surface area contributed by atoms with Crippen molar-refractivity contribution in [3.63, 3.8) is 0 Å². The summed E-state index contributed by atoms with van der Waals surface area (Å²) in [4.78, 5) is 11.2. The molecule has 14 heavy (non-hydrogen) atoms. The zero-order valence-corrected chi connectivity index (χ0v) is 10.4. The van der Waals surface area contributed by atoms with Gasteiger partial charge in [0.1, 0.15) is 0 Å². The van der Waals surface area contributed by atoms with Gasteiger partial charge in [-0.15, -0.1) is 0 Å². The molecule has 0 aromatic carbocycles. The Balaban J connectivity index is 3.11. The van der Waals surface area contributed by atoms with Gasteiger partial charge in [-0.2, -0.15) is 0 Å². The Morgan fingerprint density at radius 1 is 1.36 bits per heavy atom. The average Bonchev–Trinajstić information content (AvgIpc) is 2.19. The molecule has 0 radical (unpaired) electrons. The SMILES string of the molecule is CSSCCNC(=O)CCCCCN. The molecule has 1 amide bonds. The number of carbonyl (C=O) groups is 1. The Labute approximate surface area is 94.4 Å². The van der Waals surface area contributed by atoms with E-state index >= 15 is 0 Å². The molecule has 0 saturated carbocycles. The van der Waals surface area contributed by atoms with Gasteiger partial charge in [0.2, 0.25) is 5.91 Å². The van der Waals surface area contributed by atoms with Crippen LogP contribution < -0.4 is 11.1 Å². The lowest BCUT2D eigenvalue weighted by Crippen LogP contribution is -2.25. The van der Waals surface area contributed by atoms with Gasteiger partial charge in [0, 0.05) is 18.7 Å². The van der Waals surface area contributed by atoms with Crippen LogP contribution in [0.1, 0.15) is 25.7 Å². The van der Waals surface area contributed by atoms with E-state index in [9.17, 15) is 4.79 Å². The highest BCUT2D eigenvalue weighted by atomic mass is 33.1. The fraction of sp³-hybridized carbons (Fsp3) is 0.889. The Morgan fingerprint density at radius 2 is 2.14 bits per heavy atom. The molecular formula is C9H20N2OS2. The van der Waals surface area contributed by atoms with Crippen LogP contribution >= 0.6 is 21.6 Å². The molecule has 0 unspecified atom stereocenters. The normalized spacial score (nSPS) is 10.1. The summed E-state index contributed by atoms with van der Waals surface area (Å²) in [7, 11) is 3.50. The number of nitrogens with one attached hydrogen (secondary N) is 1. The van der Waals surface area contributed by atoms with Crippen molar-refractivity contribution in [1.82, 2.24) is 5.32 Å². The van der Waals surface area contributed by atoms with Gasteiger partial charge in [-0.25, -0.2) is 0 Å². The molecule has 84 valence electrons. The molecule has 3 nitrogen and oxygen atoms in total. The van der Waals surface area contributed by atoms with Crippen molar-refractivity contribution in [3.05, 3.63) is 0 Å². The monoisotopic (exact) mass is 236 g/mol. The summed E-state index contributed by atoms with van der Waals surface area (Å²) in [6.07, 6.45) is 5.72. The van der Waals surface area contributed by atoms with Crippen LogP contribution in [0.3, 0.4) is 0 Å². The zero-order chi connectivity index (χ0) is 10.6. The van der Waals surface area contributed by atoms with Crippen LogP contribution in [0.2, 0.25) is 0 Å². The summed E-state index contributed by atoms with van der Waals surface area (Å²) in [5.74, 6) is 1.15. The zero-order valence-electron chi connectivity index (χ0n) is 8.75. The summed E-state index contributed by atoms with van der Waals surface area (Å²) in [6, 6.07) is 0. The molecule has 0 heterocycles. The second kappa shape index (κ2) is 11.2. The number of hydrogen-bond acceptors (Lipinski definition) is 4. The predicted molar refractivity (Wildman–Crippen MR) is 66.5 cm³/mol. The second-order valence-electron chi connectivity index (χ2n) is 2.94. The first-order valence-corrected chi connectivity index (χ1v) is 7.66. The lowest BCUT2D eigenvalue weighted by molar-refractivity contribution is -0.121. The number of carbonyl (C=O) groups excluding carboxylic acids is 1. The van der Waals surface area contributed by atoms with Crippen LogP contribution in [0.15, 0.2) is 0 Å². The van der Waals surface area contributed by atoms with E-state index in [2.05, 4.69) is 5.32 Å². The maximum Gasteiger partial charge on any atom is 0.220 e. The van der Waals surface area contributed by atoms with Gasteiger partial charge in [0.05, 0.1) is 0 Å². The quantitative estimate of drug-likeness (QED) is 0.472. The smallest absolute Gasteiger partial charge is 0.220 e. The average molecular weight is 236 g/mol. The van der Waals surface area contributed by atoms with Crippen LogP contribution in [0.25, 0.3) is 0 Å². The van der Waals surface area contributed by atoms with E-state index in [1.807, 2.05) is 6.26 Å². The lowest BCUT2D eigenvalue weighted by Gasteiger charge is -2.03. The summed E-state index contributed by atoms with van der Waals surface area (Å²) in [5.41, 5.74) is 5.35. The van der Waals surface area contributed by atoms with E-state index < -0.39 is 0 Å². The predicted octanol–water partition coefficient (Wildman–Crippen LogP) is 1.63. The third kappa shape index (κ3) is 10.2. The summed E-state index contributed by atoms with van der Waals surface area (Å²) in [6.45, 7) is 1.51. The number of hydrogen-bond donors (Lipinski definition) is 2. The molecule has 0 aromatic rings. The Kier molecular flexibility index (Phi) is 11.3. The molecule has 0 atom stereocenters. The minimum absolute atomic E-state index is 0.170. The van der Waals surface area contributed by atoms with Crippen molar-refractivity contribution < 1.29 is 4.79 Å². The Hall–Kier alpha value is 0.130. The fourth-order valence-corrected chi connectivity index (χ4v) is 2.11. The first-order chi connectivity index (χ1) is 6.81. The van der Waals surface area contributed by atoms with E-state index in [0.29, 0.717) is 6.42 Å². The molecule has 0 bridgehead atoms. The molecule has 0 fully saturated rings. The van der Waals surface area contributed by atoms with Gasteiger partial charge in [-0.1, -0.05) is 28.0 Å².